The van der Waals surface area contributed by atoms with Gasteiger partial charge in [-0.05, 0) is 26.2 Å². The van der Waals surface area contributed by atoms with Crippen LogP contribution in [0.5, 0.6) is 0 Å². The molecule has 4 heterocycles. The minimum absolute atomic E-state index is 0.174. The standard InChI is InChI=1S/C19H18N6O5S/c1-5-30-19(28)13-15(21-22-16(13)31-4)24-7-6-11-10(17(24)26)8-20-14-12(18(27)29-3)9(2)23-25(11)14/h6-8H,5H2,1-4H3,(H,21,22). The first kappa shape index (κ1) is 20.6. The molecule has 4 rings (SSSR count). The zero-order valence-corrected chi connectivity index (χ0v) is 17.9. The number of hydrogen-bond acceptors (Lipinski definition) is 9. The first-order valence-electron chi connectivity index (χ1n) is 9.20. The average Bonchev–Trinajstić information content (AvgIpc) is 3.34. The summed E-state index contributed by atoms with van der Waals surface area (Å²) in [5.41, 5.74) is 1.13. The van der Waals surface area contributed by atoms with Crippen LogP contribution in [-0.2, 0) is 9.47 Å². The van der Waals surface area contributed by atoms with E-state index in [0.717, 1.165) is 0 Å². The fourth-order valence-corrected chi connectivity index (χ4v) is 3.84. The number of aromatic amines is 1. The Morgan fingerprint density at radius 1 is 1.26 bits per heavy atom. The normalized spacial score (nSPS) is 11.2. The maximum atomic E-state index is 13.3. The molecule has 31 heavy (non-hydrogen) atoms. The van der Waals surface area contributed by atoms with E-state index < -0.39 is 17.5 Å². The number of rotatable bonds is 5. The summed E-state index contributed by atoms with van der Waals surface area (Å²) in [6.45, 7) is 3.55. The summed E-state index contributed by atoms with van der Waals surface area (Å²) in [5.74, 6) is -0.947. The van der Waals surface area contributed by atoms with Gasteiger partial charge in [0, 0.05) is 12.4 Å². The van der Waals surface area contributed by atoms with Gasteiger partial charge in [0.1, 0.15) is 16.2 Å². The average molecular weight is 442 g/mol. The Morgan fingerprint density at radius 2 is 2.03 bits per heavy atom. The van der Waals surface area contributed by atoms with Gasteiger partial charge in [0.25, 0.3) is 5.56 Å². The van der Waals surface area contributed by atoms with E-state index in [-0.39, 0.29) is 34.6 Å². The molecule has 11 nitrogen and oxygen atoms in total. The lowest BCUT2D eigenvalue weighted by molar-refractivity contribution is 0.0521. The van der Waals surface area contributed by atoms with Crippen molar-refractivity contribution in [2.45, 2.75) is 18.9 Å². The van der Waals surface area contributed by atoms with Crippen LogP contribution >= 0.6 is 11.8 Å². The molecule has 1 N–H and O–H groups in total. The Labute approximate surface area is 179 Å². The van der Waals surface area contributed by atoms with Crippen LogP contribution in [0.15, 0.2) is 28.3 Å². The number of carbonyl (C=O) groups is 2. The van der Waals surface area contributed by atoms with E-state index in [2.05, 4.69) is 20.3 Å². The molecular weight excluding hydrogens is 424 g/mol. The molecule has 4 aromatic rings. The second-order valence-electron chi connectivity index (χ2n) is 6.41. The molecule has 0 atom stereocenters. The van der Waals surface area contributed by atoms with E-state index in [1.54, 1.807) is 26.2 Å². The zero-order chi connectivity index (χ0) is 22.3. The third-order valence-electron chi connectivity index (χ3n) is 4.70. The molecule has 0 aliphatic heterocycles. The van der Waals surface area contributed by atoms with Crippen LogP contribution in [0.4, 0.5) is 0 Å². The molecule has 0 aliphatic rings. The maximum Gasteiger partial charge on any atom is 0.344 e. The van der Waals surface area contributed by atoms with E-state index in [1.807, 2.05) is 0 Å². The molecule has 0 aromatic carbocycles. The van der Waals surface area contributed by atoms with Crippen LogP contribution in [-0.4, -0.2) is 61.3 Å². The number of methoxy groups -OCH3 is 1. The highest BCUT2D eigenvalue weighted by molar-refractivity contribution is 7.98. The molecule has 0 saturated heterocycles. The summed E-state index contributed by atoms with van der Waals surface area (Å²) in [6, 6.07) is 1.65. The van der Waals surface area contributed by atoms with Crippen LogP contribution in [0.2, 0.25) is 0 Å². The molecule has 0 unspecified atom stereocenters. The van der Waals surface area contributed by atoms with Gasteiger partial charge in [0.05, 0.1) is 30.3 Å². The SMILES string of the molecule is CCOC(=O)c1c(SC)n[nH]c1-n1ccc2c(cnc3c(C(=O)OC)c(C)nn32)c1=O. The van der Waals surface area contributed by atoms with E-state index in [1.165, 1.54) is 40.3 Å². The molecular formula is C19H18N6O5S. The smallest absolute Gasteiger partial charge is 0.344 e. The van der Waals surface area contributed by atoms with Gasteiger partial charge in [-0.2, -0.15) is 10.2 Å². The number of aromatic nitrogens is 6. The topological polar surface area (TPSA) is 133 Å². The monoisotopic (exact) mass is 442 g/mol. The summed E-state index contributed by atoms with van der Waals surface area (Å²) < 4.78 is 12.6. The zero-order valence-electron chi connectivity index (χ0n) is 17.1. The first-order valence-corrected chi connectivity index (χ1v) is 10.4. The van der Waals surface area contributed by atoms with Gasteiger partial charge in [0.2, 0.25) is 0 Å². The van der Waals surface area contributed by atoms with Crippen molar-refractivity contribution in [2.24, 2.45) is 0 Å². The quantitative estimate of drug-likeness (QED) is 0.362. The number of esters is 2. The van der Waals surface area contributed by atoms with Crippen molar-refractivity contribution in [1.29, 1.82) is 0 Å². The number of fused-ring (bicyclic) bond motifs is 3. The lowest BCUT2D eigenvalue weighted by Gasteiger charge is -2.09. The summed E-state index contributed by atoms with van der Waals surface area (Å²) in [5, 5.41) is 11.9. The van der Waals surface area contributed by atoms with Crippen molar-refractivity contribution >= 4 is 40.3 Å². The van der Waals surface area contributed by atoms with E-state index in [4.69, 9.17) is 9.47 Å². The van der Waals surface area contributed by atoms with Crippen molar-refractivity contribution in [3.8, 4) is 5.82 Å². The number of nitrogens with zero attached hydrogens (tertiary/aromatic N) is 5. The molecule has 0 aliphatic carbocycles. The lowest BCUT2D eigenvalue weighted by atomic mass is 10.2. The Hall–Kier alpha value is -3.67. The number of carbonyl (C=O) groups excluding carboxylic acids is 2. The number of H-pyrrole nitrogens is 1. The van der Waals surface area contributed by atoms with Gasteiger partial charge in [-0.15, -0.1) is 11.8 Å². The third kappa shape index (κ3) is 3.15. The van der Waals surface area contributed by atoms with E-state index in [9.17, 15) is 14.4 Å². The molecule has 0 bridgehead atoms. The maximum absolute atomic E-state index is 13.3. The fraction of sp³-hybridized carbons (Fsp3) is 0.263. The summed E-state index contributed by atoms with van der Waals surface area (Å²) in [6.07, 6.45) is 4.64. The molecule has 0 radical (unpaired) electrons. The van der Waals surface area contributed by atoms with Crippen LogP contribution in [0.1, 0.15) is 33.3 Å². The third-order valence-corrected chi connectivity index (χ3v) is 5.39. The summed E-state index contributed by atoms with van der Waals surface area (Å²) in [4.78, 5) is 42.1. The highest BCUT2D eigenvalue weighted by Gasteiger charge is 2.25. The van der Waals surface area contributed by atoms with Gasteiger partial charge >= 0.3 is 11.9 Å². The highest BCUT2D eigenvalue weighted by Crippen LogP contribution is 2.25. The Kier molecular flexibility index (Phi) is 5.23. The summed E-state index contributed by atoms with van der Waals surface area (Å²) in [7, 11) is 1.28. The molecule has 4 aromatic heterocycles. The predicted octanol–water partition coefficient (Wildman–Crippen LogP) is 1.75. The molecule has 0 spiro atoms. The van der Waals surface area contributed by atoms with Crippen LogP contribution in [0, 0.1) is 6.92 Å². The molecule has 0 fully saturated rings. The van der Waals surface area contributed by atoms with Crippen molar-refractivity contribution in [1.82, 2.24) is 29.4 Å². The van der Waals surface area contributed by atoms with Gasteiger partial charge in [-0.25, -0.2) is 19.1 Å². The second-order valence-corrected chi connectivity index (χ2v) is 7.21. The fourth-order valence-electron chi connectivity index (χ4n) is 3.32. The Morgan fingerprint density at radius 3 is 2.71 bits per heavy atom. The van der Waals surface area contributed by atoms with Crippen LogP contribution < -0.4 is 5.56 Å². The molecule has 0 amide bonds. The van der Waals surface area contributed by atoms with Gasteiger partial charge in [-0.1, -0.05) is 0 Å². The summed E-state index contributed by atoms with van der Waals surface area (Å²) >= 11 is 1.26. The van der Waals surface area contributed by atoms with Crippen molar-refractivity contribution in [2.75, 3.05) is 20.0 Å². The predicted molar refractivity (Wildman–Crippen MR) is 112 cm³/mol. The number of nitrogens with one attached hydrogen (secondary N) is 1. The highest BCUT2D eigenvalue weighted by atomic mass is 32.2. The van der Waals surface area contributed by atoms with Gasteiger partial charge in [0.15, 0.2) is 11.5 Å². The van der Waals surface area contributed by atoms with Gasteiger partial charge in [-0.3, -0.25) is 14.5 Å². The van der Waals surface area contributed by atoms with Crippen LogP contribution in [0.25, 0.3) is 22.4 Å². The Balaban J connectivity index is 1.96. The lowest BCUT2D eigenvalue weighted by Crippen LogP contribution is -2.21. The van der Waals surface area contributed by atoms with Crippen molar-refractivity contribution in [3.63, 3.8) is 0 Å². The van der Waals surface area contributed by atoms with Gasteiger partial charge < -0.3 is 9.47 Å². The molecule has 12 heteroatoms. The first-order chi connectivity index (χ1) is 14.9. The minimum atomic E-state index is -0.582. The number of ether oxygens (including phenoxy) is 2. The largest absolute Gasteiger partial charge is 0.465 e. The number of aryl methyl sites for hydroxylation is 1. The number of pyridine rings is 1. The second kappa shape index (κ2) is 7.87. The number of thioether (sulfide) groups is 1. The Bertz CT molecular complexity index is 1400. The van der Waals surface area contributed by atoms with Crippen molar-refractivity contribution in [3.05, 3.63) is 45.6 Å². The van der Waals surface area contributed by atoms with Crippen molar-refractivity contribution < 1.29 is 19.1 Å². The number of hydrogen-bond donors (Lipinski definition) is 1. The van der Waals surface area contributed by atoms with E-state index in [0.29, 0.717) is 16.2 Å². The van der Waals surface area contributed by atoms with Crippen LogP contribution in [0.3, 0.4) is 0 Å². The molecule has 0 saturated carbocycles. The van der Waals surface area contributed by atoms with E-state index >= 15 is 0 Å². The molecule has 160 valence electrons. The minimum Gasteiger partial charge on any atom is -0.465 e.